The summed E-state index contributed by atoms with van der Waals surface area (Å²) in [6, 6.07) is 0. The van der Waals surface area contributed by atoms with Crippen LogP contribution in [0.2, 0.25) is 8.87 Å². The van der Waals surface area contributed by atoms with E-state index in [1.54, 1.807) is 0 Å². The first kappa shape index (κ1) is 13.7. The van der Waals surface area contributed by atoms with Gasteiger partial charge in [0.05, 0.1) is 0 Å². The molecule has 0 aromatic heterocycles. The Labute approximate surface area is 93.4 Å². The van der Waals surface area contributed by atoms with Crippen LogP contribution in [0.1, 0.15) is 6.92 Å². The van der Waals surface area contributed by atoms with Crippen LogP contribution in [0.4, 0.5) is 0 Å². The molecule has 0 aromatic carbocycles. The molecule has 0 spiro atoms. The van der Waals surface area contributed by atoms with Crippen LogP contribution in [0.3, 0.4) is 0 Å². The first-order valence-electron chi connectivity index (χ1n) is 4.20. The fourth-order valence-corrected chi connectivity index (χ4v) is 17.0. The maximum atomic E-state index is 6.57. The van der Waals surface area contributed by atoms with E-state index in [0.29, 0.717) is 0 Å². The molecule has 12 heavy (non-hydrogen) atoms. The Morgan fingerprint density at radius 1 is 1.58 bits per heavy atom. The van der Waals surface area contributed by atoms with E-state index >= 15 is 0 Å². The van der Waals surface area contributed by atoms with Gasteiger partial charge in [0.25, 0.3) is 0 Å². The van der Waals surface area contributed by atoms with Gasteiger partial charge in [0.1, 0.15) is 0 Å². The van der Waals surface area contributed by atoms with E-state index in [2.05, 4.69) is 24.9 Å². The molecule has 1 N–H and O–H groups in total. The van der Waals surface area contributed by atoms with E-state index in [4.69, 9.17) is 8.92 Å². The summed E-state index contributed by atoms with van der Waals surface area (Å²) in [6.45, 7) is 2.23. The zero-order chi connectivity index (χ0) is 9.45. The molecule has 0 rings (SSSR count). The number of rotatable bonds is 7. The quantitative estimate of drug-likeness (QED) is 0.321. The van der Waals surface area contributed by atoms with Gasteiger partial charge in [-0.3, -0.25) is 0 Å². The van der Waals surface area contributed by atoms with Crippen molar-refractivity contribution in [3.8, 4) is 0 Å². The molecule has 0 saturated carbocycles. The van der Waals surface area contributed by atoms with Gasteiger partial charge in [-0.15, -0.1) is 0 Å². The van der Waals surface area contributed by atoms with E-state index in [1.165, 1.54) is 12.6 Å². The van der Waals surface area contributed by atoms with Crippen LogP contribution in [0.15, 0.2) is 0 Å². The Kier molecular flexibility index (Phi) is 9.27. The molecule has 0 amide bonds. The molecule has 0 saturated heterocycles. The van der Waals surface area contributed by atoms with E-state index in [0.717, 1.165) is 11.6 Å². The van der Waals surface area contributed by atoms with Crippen LogP contribution >= 0.6 is 33.3 Å². The van der Waals surface area contributed by atoms with Crippen molar-refractivity contribution in [2.24, 2.45) is 0 Å². The standard InChI is InChI=1S/C3H8NS.C2H5S.C2H5.ClH.Sn/c1-4-3-5-2;1-2-3;1-2;;/h4H,2-3H2,1H3;3H,1-2H2;1H2,2H3;1H;/q;;;;+1/p-1. The van der Waals surface area contributed by atoms with Crippen molar-refractivity contribution in [3.63, 3.8) is 0 Å². The van der Waals surface area contributed by atoms with Gasteiger partial charge < -0.3 is 0 Å². The number of thiol groups is 1. The second-order valence-electron chi connectivity index (χ2n) is 2.82. The van der Waals surface area contributed by atoms with Crippen molar-refractivity contribution in [2.75, 3.05) is 22.4 Å². The summed E-state index contributed by atoms with van der Waals surface area (Å²) in [6.07, 6.45) is 0. The van der Waals surface area contributed by atoms with E-state index in [9.17, 15) is 0 Å². The molecule has 1 unspecified atom stereocenters. The maximum absolute atomic E-state index is 6.57. The minimum absolute atomic E-state index is 0.966. The monoisotopic (exact) mass is 335 g/mol. The van der Waals surface area contributed by atoms with Crippen molar-refractivity contribution in [2.45, 2.75) is 15.8 Å². The van der Waals surface area contributed by atoms with Crippen LogP contribution < -0.4 is 5.32 Å². The van der Waals surface area contributed by atoms with Crippen LogP contribution in [0.5, 0.6) is 0 Å². The summed E-state index contributed by atoms with van der Waals surface area (Å²) in [7, 11) is 8.55. The molecule has 0 radical (unpaired) electrons. The number of nitrogens with one attached hydrogen (secondary N) is 1. The van der Waals surface area contributed by atoms with Crippen molar-refractivity contribution >= 4 is 50.6 Å². The molecule has 1 nitrogen and oxygen atoms in total. The zero-order valence-electron chi connectivity index (χ0n) is 7.77. The molecule has 0 heterocycles. The second-order valence-corrected chi connectivity index (χ2v) is 22.1. The van der Waals surface area contributed by atoms with Crippen LogP contribution in [-0.4, -0.2) is 39.7 Å². The Morgan fingerprint density at radius 3 is 2.67 bits per heavy atom. The van der Waals surface area contributed by atoms with Gasteiger partial charge in [0.15, 0.2) is 0 Å². The molecule has 1 atom stereocenters. The fourth-order valence-electron chi connectivity index (χ4n) is 0.887. The van der Waals surface area contributed by atoms with E-state index in [1.807, 2.05) is 18.8 Å². The molecule has 0 bridgehead atoms. The molecule has 0 aliphatic heterocycles. The summed E-state index contributed by atoms with van der Waals surface area (Å²) in [5, 5.41) is 3.13. The Morgan fingerprint density at radius 2 is 2.25 bits per heavy atom. The van der Waals surface area contributed by atoms with Crippen molar-refractivity contribution in [1.82, 2.24) is 5.32 Å². The molecular weight excluding hydrogens is 316 g/mol. The Balaban J connectivity index is 3.63. The van der Waals surface area contributed by atoms with Crippen LogP contribution in [0, 0.1) is 0 Å². The van der Waals surface area contributed by atoms with Crippen molar-refractivity contribution in [3.05, 3.63) is 0 Å². The first-order valence-corrected chi connectivity index (χ1v) is 15.7. The number of hydrogen-bond donors (Lipinski definition) is 2. The van der Waals surface area contributed by atoms with Gasteiger partial charge >= 0.3 is 94.1 Å². The van der Waals surface area contributed by atoms with Gasteiger partial charge in [-0.25, -0.2) is 0 Å². The van der Waals surface area contributed by atoms with Gasteiger partial charge in [-0.1, -0.05) is 0 Å². The third-order valence-corrected chi connectivity index (χ3v) is 22.8. The minimum atomic E-state index is -2.16. The normalized spacial score (nSPS) is 16.0. The molecule has 74 valence electrons. The van der Waals surface area contributed by atoms with Crippen molar-refractivity contribution in [1.29, 1.82) is 0 Å². The summed E-state index contributed by atoms with van der Waals surface area (Å²) < 4.78 is 3.65. The van der Waals surface area contributed by atoms with E-state index < -0.39 is 17.3 Å². The van der Waals surface area contributed by atoms with Gasteiger partial charge in [-0.05, 0) is 0 Å². The predicted octanol–water partition coefficient (Wildman–Crippen LogP) is 2.57. The van der Waals surface area contributed by atoms with Crippen LogP contribution in [0.25, 0.3) is 0 Å². The molecular formula is C7H18ClNS2Sn. The predicted molar refractivity (Wildman–Crippen MR) is 67.1 cm³/mol. The first-order chi connectivity index (χ1) is 5.68. The fraction of sp³-hybridized carbons (Fsp3) is 1.00. The average molecular weight is 335 g/mol. The van der Waals surface area contributed by atoms with E-state index in [-0.39, 0.29) is 0 Å². The third-order valence-electron chi connectivity index (χ3n) is 1.80. The summed E-state index contributed by atoms with van der Waals surface area (Å²) in [5.41, 5.74) is 0. The molecule has 0 aromatic rings. The van der Waals surface area contributed by atoms with Gasteiger partial charge in [0, 0.05) is 0 Å². The Hall–Kier alpha value is 1.75. The number of hydrogen-bond acceptors (Lipinski definition) is 3. The van der Waals surface area contributed by atoms with Gasteiger partial charge in [0.2, 0.25) is 0 Å². The summed E-state index contributed by atoms with van der Waals surface area (Å²) in [4.78, 5) is 0. The number of halogens is 1. The molecule has 5 heteroatoms. The summed E-state index contributed by atoms with van der Waals surface area (Å²) in [5.74, 6) is 1.99. The topological polar surface area (TPSA) is 12.0 Å². The number of thioether (sulfide) groups is 1. The molecule has 0 fully saturated rings. The third kappa shape index (κ3) is 6.24. The zero-order valence-corrected chi connectivity index (χ0v) is 13.1. The van der Waals surface area contributed by atoms with Crippen molar-refractivity contribution < 1.29 is 0 Å². The molecule has 0 aliphatic carbocycles. The SMILES string of the molecule is C[CH2][Sn]([Cl])([CH2]CS)[CH2]SCNC. The summed E-state index contributed by atoms with van der Waals surface area (Å²) >= 11 is 4.04. The molecule has 0 aliphatic rings. The average Bonchev–Trinajstić information content (AvgIpc) is 2.06. The second kappa shape index (κ2) is 8.09. The van der Waals surface area contributed by atoms with Crippen LogP contribution in [-0.2, 0) is 0 Å². The Bertz CT molecular complexity index is 118. The van der Waals surface area contributed by atoms with Gasteiger partial charge in [-0.2, -0.15) is 0 Å².